The van der Waals surface area contributed by atoms with Crippen molar-refractivity contribution in [3.05, 3.63) is 18.0 Å². The molecule has 1 aromatic heterocycles. The number of aromatic nitrogens is 2. The van der Waals surface area contributed by atoms with Gasteiger partial charge in [-0.3, -0.25) is 9.48 Å². The lowest BCUT2D eigenvalue weighted by Gasteiger charge is -2.27. The topological polar surface area (TPSA) is 81.1 Å². The van der Waals surface area contributed by atoms with Crippen LogP contribution in [-0.4, -0.2) is 31.6 Å². The Morgan fingerprint density at radius 1 is 1.60 bits per heavy atom. The van der Waals surface area contributed by atoms with Gasteiger partial charge < -0.3 is 10.8 Å². The molecule has 112 valence electrons. The van der Waals surface area contributed by atoms with Crippen molar-refractivity contribution < 1.29 is 9.90 Å². The summed E-state index contributed by atoms with van der Waals surface area (Å²) >= 11 is 1.54. The maximum atomic E-state index is 11.0. The van der Waals surface area contributed by atoms with E-state index < -0.39 is 16.8 Å². The standard InChI is InChI=1S/C14H23N3O2S/c1-14(2,12(15)13(18)19)20-9-10-7-8-17(16-10)11-5-3-4-6-11/h7-8,11-12H,3-6,9,15H2,1-2H3,(H,18,19)/t12-/m0/s1. The second-order valence-corrected chi connectivity index (χ2v) is 7.56. The van der Waals surface area contributed by atoms with Crippen LogP contribution in [0.2, 0.25) is 0 Å². The van der Waals surface area contributed by atoms with Gasteiger partial charge in [0, 0.05) is 16.7 Å². The molecule has 6 heteroatoms. The van der Waals surface area contributed by atoms with E-state index in [0.29, 0.717) is 11.8 Å². The Bertz CT molecular complexity index is 467. The number of carboxylic acid groups (broad SMARTS) is 1. The van der Waals surface area contributed by atoms with E-state index in [1.807, 2.05) is 26.1 Å². The van der Waals surface area contributed by atoms with E-state index in [2.05, 4.69) is 9.78 Å². The number of aliphatic carboxylic acids is 1. The first-order valence-electron chi connectivity index (χ1n) is 7.06. The average Bonchev–Trinajstić information content (AvgIpc) is 3.05. The van der Waals surface area contributed by atoms with Crippen molar-refractivity contribution in [2.45, 2.75) is 62.1 Å². The van der Waals surface area contributed by atoms with Crippen LogP contribution in [0.3, 0.4) is 0 Å². The fourth-order valence-electron chi connectivity index (χ4n) is 2.47. The molecule has 0 saturated heterocycles. The Kier molecular flexibility index (Phi) is 4.75. The number of carbonyl (C=O) groups is 1. The summed E-state index contributed by atoms with van der Waals surface area (Å²) in [6.45, 7) is 3.73. The second kappa shape index (κ2) is 6.18. The number of hydrogen-bond donors (Lipinski definition) is 2. The van der Waals surface area contributed by atoms with Gasteiger partial charge in [-0.2, -0.15) is 5.10 Å². The quantitative estimate of drug-likeness (QED) is 0.842. The van der Waals surface area contributed by atoms with Gasteiger partial charge in [0.2, 0.25) is 0 Å². The fourth-order valence-corrected chi connectivity index (χ4v) is 3.43. The smallest absolute Gasteiger partial charge is 0.321 e. The lowest BCUT2D eigenvalue weighted by molar-refractivity contribution is -0.139. The largest absolute Gasteiger partial charge is 0.480 e. The first-order chi connectivity index (χ1) is 9.40. The Morgan fingerprint density at radius 3 is 2.85 bits per heavy atom. The zero-order valence-corrected chi connectivity index (χ0v) is 12.9. The maximum absolute atomic E-state index is 11.0. The van der Waals surface area contributed by atoms with E-state index >= 15 is 0 Å². The second-order valence-electron chi connectivity index (χ2n) is 5.93. The highest BCUT2D eigenvalue weighted by molar-refractivity contribution is 7.99. The molecule has 0 spiro atoms. The molecule has 5 nitrogen and oxygen atoms in total. The van der Waals surface area contributed by atoms with Crippen LogP contribution in [0, 0.1) is 0 Å². The average molecular weight is 297 g/mol. The summed E-state index contributed by atoms with van der Waals surface area (Å²) in [5, 5.41) is 13.6. The van der Waals surface area contributed by atoms with Gasteiger partial charge in [-0.05, 0) is 32.8 Å². The number of rotatable bonds is 6. The molecule has 1 aliphatic carbocycles. The monoisotopic (exact) mass is 297 g/mol. The fraction of sp³-hybridized carbons (Fsp3) is 0.714. The molecular weight excluding hydrogens is 274 g/mol. The number of thioether (sulfide) groups is 1. The van der Waals surface area contributed by atoms with Crippen LogP contribution < -0.4 is 5.73 Å². The van der Waals surface area contributed by atoms with E-state index in [1.54, 1.807) is 11.8 Å². The molecule has 3 N–H and O–H groups in total. The molecule has 0 aliphatic heterocycles. The highest BCUT2D eigenvalue weighted by Gasteiger charge is 2.32. The van der Waals surface area contributed by atoms with Crippen molar-refractivity contribution in [1.29, 1.82) is 0 Å². The third kappa shape index (κ3) is 3.55. The Hall–Kier alpha value is -1.01. The minimum absolute atomic E-state index is 0.511. The lowest BCUT2D eigenvalue weighted by atomic mass is 10.1. The summed E-state index contributed by atoms with van der Waals surface area (Å²) in [6, 6.07) is 1.70. The van der Waals surface area contributed by atoms with Gasteiger partial charge in [0.15, 0.2) is 0 Å². The van der Waals surface area contributed by atoms with Crippen molar-refractivity contribution >= 4 is 17.7 Å². The molecule has 0 bridgehead atoms. The predicted octanol–water partition coefficient (Wildman–Crippen LogP) is 2.42. The molecule has 1 heterocycles. The minimum atomic E-state index is -0.959. The van der Waals surface area contributed by atoms with E-state index in [9.17, 15) is 4.79 Å². The Labute approximate surface area is 123 Å². The van der Waals surface area contributed by atoms with E-state index in [0.717, 1.165) is 5.69 Å². The summed E-state index contributed by atoms with van der Waals surface area (Å²) in [7, 11) is 0. The summed E-state index contributed by atoms with van der Waals surface area (Å²) in [5.74, 6) is -0.271. The molecule has 0 aromatic carbocycles. The molecule has 1 aromatic rings. The van der Waals surface area contributed by atoms with Gasteiger partial charge in [0.05, 0.1) is 11.7 Å². The van der Waals surface area contributed by atoms with Gasteiger partial charge in [-0.15, -0.1) is 11.8 Å². The molecule has 2 rings (SSSR count). The summed E-state index contributed by atoms with van der Waals surface area (Å²) < 4.78 is 1.55. The normalized spacial score (nSPS) is 18.4. The van der Waals surface area contributed by atoms with Crippen molar-refractivity contribution in [2.24, 2.45) is 5.73 Å². The highest BCUT2D eigenvalue weighted by Crippen LogP contribution is 2.32. The van der Waals surface area contributed by atoms with Crippen molar-refractivity contribution in [3.63, 3.8) is 0 Å². The first kappa shape index (κ1) is 15.4. The molecule has 20 heavy (non-hydrogen) atoms. The summed E-state index contributed by atoms with van der Waals surface area (Å²) in [4.78, 5) is 11.0. The van der Waals surface area contributed by atoms with Gasteiger partial charge in [0.1, 0.15) is 6.04 Å². The van der Waals surface area contributed by atoms with Crippen LogP contribution in [0.5, 0.6) is 0 Å². The van der Waals surface area contributed by atoms with Crippen LogP contribution in [0.15, 0.2) is 12.3 Å². The molecule has 1 atom stereocenters. The van der Waals surface area contributed by atoms with Crippen LogP contribution in [-0.2, 0) is 10.5 Å². The maximum Gasteiger partial charge on any atom is 0.321 e. The van der Waals surface area contributed by atoms with Crippen LogP contribution in [0.1, 0.15) is 51.3 Å². The zero-order valence-electron chi connectivity index (χ0n) is 12.1. The number of nitrogens with zero attached hydrogens (tertiary/aromatic N) is 2. The van der Waals surface area contributed by atoms with Gasteiger partial charge in [-0.1, -0.05) is 12.8 Å². The van der Waals surface area contributed by atoms with Gasteiger partial charge in [-0.25, -0.2) is 0 Å². The van der Waals surface area contributed by atoms with Crippen molar-refractivity contribution in [2.75, 3.05) is 0 Å². The summed E-state index contributed by atoms with van der Waals surface area (Å²) in [6.07, 6.45) is 7.04. The molecule has 0 radical (unpaired) electrons. The van der Waals surface area contributed by atoms with Crippen LogP contribution >= 0.6 is 11.8 Å². The molecule has 1 fully saturated rings. The third-order valence-electron chi connectivity index (χ3n) is 3.97. The summed E-state index contributed by atoms with van der Waals surface area (Å²) in [5.41, 5.74) is 6.71. The SMILES string of the molecule is CC(C)(SCc1ccn(C2CCCC2)n1)[C@@H](N)C(=O)O. The highest BCUT2D eigenvalue weighted by atomic mass is 32.2. The van der Waals surface area contributed by atoms with Gasteiger partial charge >= 0.3 is 5.97 Å². The number of hydrogen-bond acceptors (Lipinski definition) is 4. The van der Waals surface area contributed by atoms with Crippen LogP contribution in [0.25, 0.3) is 0 Å². The first-order valence-corrected chi connectivity index (χ1v) is 8.05. The van der Waals surface area contributed by atoms with E-state index in [-0.39, 0.29) is 0 Å². The zero-order chi connectivity index (χ0) is 14.8. The van der Waals surface area contributed by atoms with E-state index in [4.69, 9.17) is 10.8 Å². The molecular formula is C14H23N3O2S. The number of nitrogens with two attached hydrogens (primary N) is 1. The predicted molar refractivity (Wildman–Crippen MR) is 80.7 cm³/mol. The Morgan fingerprint density at radius 2 is 2.25 bits per heavy atom. The molecule has 0 unspecified atom stereocenters. The molecule has 0 amide bonds. The molecule has 1 saturated carbocycles. The minimum Gasteiger partial charge on any atom is -0.480 e. The number of carboxylic acids is 1. The van der Waals surface area contributed by atoms with Crippen molar-refractivity contribution in [1.82, 2.24) is 9.78 Å². The van der Waals surface area contributed by atoms with Gasteiger partial charge in [0.25, 0.3) is 0 Å². The lowest BCUT2D eigenvalue weighted by Crippen LogP contribution is -2.46. The Balaban J connectivity index is 1.92. The van der Waals surface area contributed by atoms with Crippen molar-refractivity contribution in [3.8, 4) is 0 Å². The van der Waals surface area contributed by atoms with Crippen LogP contribution in [0.4, 0.5) is 0 Å². The van der Waals surface area contributed by atoms with E-state index in [1.165, 1.54) is 25.7 Å². The third-order valence-corrected chi connectivity index (χ3v) is 5.41. The molecule has 1 aliphatic rings.